The predicted octanol–water partition coefficient (Wildman–Crippen LogP) is 4.24. The van der Waals surface area contributed by atoms with E-state index in [1.807, 2.05) is 61.5 Å². The number of aromatic amines is 1. The van der Waals surface area contributed by atoms with Gasteiger partial charge in [0.25, 0.3) is 5.56 Å². The summed E-state index contributed by atoms with van der Waals surface area (Å²) in [6.07, 6.45) is 2.37. The van der Waals surface area contributed by atoms with Crippen LogP contribution in [0.1, 0.15) is 16.8 Å². The highest BCUT2D eigenvalue weighted by Crippen LogP contribution is 2.24. The van der Waals surface area contributed by atoms with Crippen LogP contribution in [0.5, 0.6) is 0 Å². The average Bonchev–Trinajstić information content (AvgIpc) is 3.04. The Kier molecular flexibility index (Phi) is 3.90. The van der Waals surface area contributed by atoms with Gasteiger partial charge in [-0.25, -0.2) is 9.50 Å². The van der Waals surface area contributed by atoms with Crippen LogP contribution in [0.25, 0.3) is 16.8 Å². The van der Waals surface area contributed by atoms with Crippen LogP contribution in [0.3, 0.4) is 0 Å². The SMILES string of the molecule is Cc1nc2c(-c3ccc(Cl)cc3)c[nH]n2c(=O)c1Cc1ccccc1. The normalized spacial score (nSPS) is 11.1. The Labute approximate surface area is 149 Å². The molecule has 0 aliphatic carbocycles. The molecule has 4 rings (SSSR count). The topological polar surface area (TPSA) is 50.2 Å². The highest BCUT2D eigenvalue weighted by Gasteiger charge is 2.15. The van der Waals surface area contributed by atoms with Gasteiger partial charge in [0.05, 0.1) is 0 Å². The van der Waals surface area contributed by atoms with Crippen molar-refractivity contribution in [3.8, 4) is 11.1 Å². The summed E-state index contributed by atoms with van der Waals surface area (Å²) in [4.78, 5) is 17.6. The molecule has 0 saturated heterocycles. The van der Waals surface area contributed by atoms with Crippen molar-refractivity contribution in [1.29, 1.82) is 0 Å². The van der Waals surface area contributed by atoms with Crippen LogP contribution in [0.2, 0.25) is 5.02 Å². The molecule has 124 valence electrons. The van der Waals surface area contributed by atoms with E-state index in [1.54, 1.807) is 6.20 Å². The summed E-state index contributed by atoms with van der Waals surface area (Å²) >= 11 is 5.96. The van der Waals surface area contributed by atoms with Gasteiger partial charge in [-0.1, -0.05) is 54.1 Å². The third kappa shape index (κ3) is 2.85. The molecular formula is C20H16ClN3O. The van der Waals surface area contributed by atoms with Crippen molar-refractivity contribution in [2.24, 2.45) is 0 Å². The molecule has 0 atom stereocenters. The molecule has 0 amide bonds. The Morgan fingerprint density at radius 3 is 2.52 bits per heavy atom. The van der Waals surface area contributed by atoms with Crippen LogP contribution in [0, 0.1) is 6.92 Å². The molecule has 0 bridgehead atoms. The van der Waals surface area contributed by atoms with E-state index >= 15 is 0 Å². The quantitative estimate of drug-likeness (QED) is 0.601. The Morgan fingerprint density at radius 1 is 1.08 bits per heavy atom. The summed E-state index contributed by atoms with van der Waals surface area (Å²) in [7, 11) is 0. The van der Waals surface area contributed by atoms with Crippen LogP contribution < -0.4 is 5.56 Å². The Balaban J connectivity index is 1.84. The van der Waals surface area contributed by atoms with Crippen molar-refractivity contribution in [2.45, 2.75) is 13.3 Å². The molecule has 0 saturated carbocycles. The molecule has 1 N–H and O–H groups in total. The standard InChI is InChI=1S/C20H16ClN3O/c1-13-17(11-14-5-3-2-4-6-14)20(25)24-19(23-13)18(12-22-24)15-7-9-16(21)10-8-15/h2-10,12,22H,11H2,1H3. The zero-order valence-corrected chi connectivity index (χ0v) is 14.4. The van der Waals surface area contributed by atoms with E-state index in [4.69, 9.17) is 16.6 Å². The van der Waals surface area contributed by atoms with Crippen molar-refractivity contribution < 1.29 is 0 Å². The molecule has 0 radical (unpaired) electrons. The minimum atomic E-state index is -0.0634. The molecular weight excluding hydrogens is 334 g/mol. The fraction of sp³-hybridized carbons (Fsp3) is 0.100. The monoisotopic (exact) mass is 349 g/mol. The number of fused-ring (bicyclic) bond motifs is 1. The first-order valence-corrected chi connectivity index (χ1v) is 8.41. The maximum atomic E-state index is 12.9. The summed E-state index contributed by atoms with van der Waals surface area (Å²) in [6, 6.07) is 17.4. The first kappa shape index (κ1) is 15.7. The number of halogens is 1. The number of nitrogens with one attached hydrogen (secondary N) is 1. The van der Waals surface area contributed by atoms with Crippen LogP contribution in [-0.2, 0) is 6.42 Å². The maximum Gasteiger partial charge on any atom is 0.276 e. The number of aryl methyl sites for hydroxylation is 1. The van der Waals surface area contributed by atoms with Gasteiger partial charge in [-0.3, -0.25) is 9.89 Å². The average molecular weight is 350 g/mol. The van der Waals surface area contributed by atoms with Gasteiger partial charge in [0.2, 0.25) is 0 Å². The van der Waals surface area contributed by atoms with Gasteiger partial charge < -0.3 is 0 Å². The van der Waals surface area contributed by atoms with Gasteiger partial charge in [0.15, 0.2) is 5.65 Å². The molecule has 5 heteroatoms. The fourth-order valence-electron chi connectivity index (χ4n) is 3.00. The number of H-pyrrole nitrogens is 1. The predicted molar refractivity (Wildman–Crippen MR) is 100 cm³/mol. The van der Waals surface area contributed by atoms with E-state index in [0.717, 1.165) is 22.4 Å². The zero-order valence-electron chi connectivity index (χ0n) is 13.7. The van der Waals surface area contributed by atoms with Gasteiger partial charge in [-0.05, 0) is 30.2 Å². The zero-order chi connectivity index (χ0) is 17.4. The minimum absolute atomic E-state index is 0.0634. The maximum absolute atomic E-state index is 12.9. The largest absolute Gasteiger partial charge is 0.296 e. The van der Waals surface area contributed by atoms with E-state index in [9.17, 15) is 4.79 Å². The highest BCUT2D eigenvalue weighted by atomic mass is 35.5. The molecule has 2 aromatic carbocycles. The lowest BCUT2D eigenvalue weighted by Gasteiger charge is -2.07. The Morgan fingerprint density at radius 2 is 1.80 bits per heavy atom. The smallest absolute Gasteiger partial charge is 0.276 e. The fourth-order valence-corrected chi connectivity index (χ4v) is 3.13. The minimum Gasteiger partial charge on any atom is -0.296 e. The third-order valence-electron chi connectivity index (χ3n) is 4.34. The lowest BCUT2D eigenvalue weighted by Crippen LogP contribution is -2.22. The van der Waals surface area contributed by atoms with E-state index in [-0.39, 0.29) is 5.56 Å². The molecule has 0 spiro atoms. The molecule has 4 aromatic rings. The van der Waals surface area contributed by atoms with Crippen LogP contribution in [0.4, 0.5) is 0 Å². The first-order valence-electron chi connectivity index (χ1n) is 8.03. The third-order valence-corrected chi connectivity index (χ3v) is 4.59. The molecule has 0 aliphatic rings. The lowest BCUT2D eigenvalue weighted by molar-refractivity contribution is 0.860. The van der Waals surface area contributed by atoms with Gasteiger partial charge in [0.1, 0.15) is 0 Å². The van der Waals surface area contributed by atoms with Gasteiger partial charge in [-0.2, -0.15) is 0 Å². The number of hydrogen-bond donors (Lipinski definition) is 1. The van der Waals surface area contributed by atoms with Gasteiger partial charge in [0, 0.05) is 34.5 Å². The number of rotatable bonds is 3. The number of aromatic nitrogens is 3. The van der Waals surface area contributed by atoms with Crippen LogP contribution in [-0.4, -0.2) is 14.6 Å². The molecule has 2 aromatic heterocycles. The van der Waals surface area contributed by atoms with Crippen LogP contribution >= 0.6 is 11.6 Å². The van der Waals surface area contributed by atoms with E-state index in [2.05, 4.69) is 5.10 Å². The van der Waals surface area contributed by atoms with Crippen molar-refractivity contribution in [2.75, 3.05) is 0 Å². The summed E-state index contributed by atoms with van der Waals surface area (Å²) < 4.78 is 1.51. The van der Waals surface area contributed by atoms with Crippen molar-refractivity contribution in [3.63, 3.8) is 0 Å². The summed E-state index contributed by atoms with van der Waals surface area (Å²) in [6.45, 7) is 1.89. The number of hydrogen-bond acceptors (Lipinski definition) is 2. The highest BCUT2D eigenvalue weighted by molar-refractivity contribution is 6.30. The first-order chi connectivity index (χ1) is 12.1. The number of benzene rings is 2. The summed E-state index contributed by atoms with van der Waals surface area (Å²) in [5.41, 5.74) is 4.95. The van der Waals surface area contributed by atoms with E-state index in [1.165, 1.54) is 4.52 Å². The molecule has 0 fully saturated rings. The molecule has 4 nitrogen and oxygen atoms in total. The van der Waals surface area contributed by atoms with Crippen LogP contribution in [0.15, 0.2) is 65.6 Å². The summed E-state index contributed by atoms with van der Waals surface area (Å²) in [5, 5.41) is 3.71. The van der Waals surface area contributed by atoms with Gasteiger partial charge in [-0.15, -0.1) is 0 Å². The lowest BCUT2D eigenvalue weighted by atomic mass is 10.0. The molecule has 0 unspecified atom stereocenters. The van der Waals surface area contributed by atoms with Crippen molar-refractivity contribution >= 4 is 17.2 Å². The second kappa shape index (κ2) is 6.22. The van der Waals surface area contributed by atoms with Gasteiger partial charge >= 0.3 is 0 Å². The number of nitrogens with zero attached hydrogens (tertiary/aromatic N) is 2. The Bertz CT molecular complexity index is 1100. The molecule has 0 aliphatic heterocycles. The van der Waals surface area contributed by atoms with E-state index in [0.29, 0.717) is 22.7 Å². The van der Waals surface area contributed by atoms with Crippen molar-refractivity contribution in [3.05, 3.63) is 93.0 Å². The summed E-state index contributed by atoms with van der Waals surface area (Å²) in [5.74, 6) is 0. The second-order valence-electron chi connectivity index (χ2n) is 6.00. The molecule has 25 heavy (non-hydrogen) atoms. The molecule has 2 heterocycles. The second-order valence-corrected chi connectivity index (χ2v) is 6.43. The van der Waals surface area contributed by atoms with Crippen molar-refractivity contribution in [1.82, 2.24) is 14.6 Å². The Hall–Kier alpha value is -2.85. The van der Waals surface area contributed by atoms with E-state index < -0.39 is 0 Å².